The molecule has 1 aromatic heterocycles. The lowest BCUT2D eigenvalue weighted by atomic mass is 10.0. The van der Waals surface area contributed by atoms with Crippen LogP contribution in [0.1, 0.15) is 22.4 Å². The minimum absolute atomic E-state index is 0.221. The summed E-state index contributed by atoms with van der Waals surface area (Å²) in [5, 5.41) is 1.28. The molecule has 1 aliphatic rings. The zero-order valence-electron chi connectivity index (χ0n) is 14.2. The molecule has 3 aromatic rings. The molecular weight excluding hydrogens is 296 g/mol. The standard InChI is InChI=1S/C21H22N2O/c1-15-6-5-7-16(12-15)13-21(24)23-11-10-20-18(14-23)17-8-3-4-9-19(17)22(20)2/h3-9,12H,10-11,13-14H2,1-2H3. The zero-order valence-corrected chi connectivity index (χ0v) is 14.2. The maximum Gasteiger partial charge on any atom is 0.227 e. The first-order valence-corrected chi connectivity index (χ1v) is 8.52. The van der Waals surface area contributed by atoms with Crippen LogP contribution in [0.2, 0.25) is 0 Å². The number of rotatable bonds is 2. The van der Waals surface area contributed by atoms with Gasteiger partial charge in [0.1, 0.15) is 0 Å². The van der Waals surface area contributed by atoms with E-state index in [2.05, 4.69) is 54.9 Å². The lowest BCUT2D eigenvalue weighted by Gasteiger charge is -2.28. The minimum Gasteiger partial charge on any atom is -0.347 e. The summed E-state index contributed by atoms with van der Waals surface area (Å²) in [6.07, 6.45) is 1.42. The van der Waals surface area contributed by atoms with E-state index in [1.54, 1.807) is 0 Å². The van der Waals surface area contributed by atoms with E-state index in [-0.39, 0.29) is 5.91 Å². The van der Waals surface area contributed by atoms with Crippen LogP contribution >= 0.6 is 0 Å². The smallest absolute Gasteiger partial charge is 0.227 e. The summed E-state index contributed by atoms with van der Waals surface area (Å²) in [5.74, 6) is 0.221. The molecule has 1 aliphatic heterocycles. The summed E-state index contributed by atoms with van der Waals surface area (Å²) < 4.78 is 2.28. The Labute approximate surface area is 142 Å². The Hall–Kier alpha value is -2.55. The van der Waals surface area contributed by atoms with Crippen LogP contribution in [0.5, 0.6) is 0 Å². The second-order valence-corrected chi connectivity index (χ2v) is 6.73. The quantitative estimate of drug-likeness (QED) is 0.708. The summed E-state index contributed by atoms with van der Waals surface area (Å²) in [7, 11) is 2.13. The number of nitrogens with zero attached hydrogens (tertiary/aromatic N) is 2. The largest absolute Gasteiger partial charge is 0.347 e. The predicted molar refractivity (Wildman–Crippen MR) is 96.9 cm³/mol. The molecule has 0 spiro atoms. The summed E-state index contributed by atoms with van der Waals surface area (Å²) in [6, 6.07) is 16.7. The Morgan fingerprint density at radius 3 is 2.79 bits per heavy atom. The topological polar surface area (TPSA) is 25.2 Å². The van der Waals surface area contributed by atoms with Crippen LogP contribution < -0.4 is 0 Å². The van der Waals surface area contributed by atoms with Gasteiger partial charge in [-0.2, -0.15) is 0 Å². The van der Waals surface area contributed by atoms with E-state index in [9.17, 15) is 4.79 Å². The van der Waals surface area contributed by atoms with Gasteiger partial charge in [-0.3, -0.25) is 4.79 Å². The third-order valence-electron chi connectivity index (χ3n) is 5.10. The molecule has 0 saturated carbocycles. The fourth-order valence-electron chi connectivity index (χ4n) is 3.85. The maximum atomic E-state index is 12.8. The van der Waals surface area contributed by atoms with Crippen molar-refractivity contribution in [2.75, 3.05) is 6.54 Å². The minimum atomic E-state index is 0.221. The predicted octanol–water partition coefficient (Wildman–Crippen LogP) is 3.61. The first kappa shape index (κ1) is 15.0. The number of hydrogen-bond acceptors (Lipinski definition) is 1. The molecule has 0 bridgehead atoms. The van der Waals surface area contributed by atoms with Crippen LogP contribution in [0.3, 0.4) is 0 Å². The van der Waals surface area contributed by atoms with Gasteiger partial charge in [0.15, 0.2) is 0 Å². The third-order valence-corrected chi connectivity index (χ3v) is 5.10. The SMILES string of the molecule is Cc1cccc(CC(=O)N2CCc3c(c4ccccc4n3C)C2)c1. The van der Waals surface area contributed by atoms with E-state index >= 15 is 0 Å². The summed E-state index contributed by atoms with van der Waals surface area (Å²) in [4.78, 5) is 14.8. The maximum absolute atomic E-state index is 12.8. The van der Waals surface area contributed by atoms with E-state index in [0.717, 1.165) is 25.1 Å². The third kappa shape index (κ3) is 2.50. The highest BCUT2D eigenvalue weighted by Gasteiger charge is 2.25. The Morgan fingerprint density at radius 2 is 1.96 bits per heavy atom. The Bertz CT molecular complexity index is 923. The van der Waals surface area contributed by atoms with Gasteiger partial charge >= 0.3 is 0 Å². The fourth-order valence-corrected chi connectivity index (χ4v) is 3.85. The second kappa shape index (κ2) is 5.82. The van der Waals surface area contributed by atoms with Crippen LogP contribution in [0, 0.1) is 6.92 Å². The summed E-state index contributed by atoms with van der Waals surface area (Å²) in [5.41, 5.74) is 6.25. The number of fused-ring (bicyclic) bond motifs is 3. The molecule has 1 amide bonds. The van der Waals surface area contributed by atoms with Crippen molar-refractivity contribution >= 4 is 16.8 Å². The van der Waals surface area contributed by atoms with Gasteiger partial charge in [-0.1, -0.05) is 48.0 Å². The van der Waals surface area contributed by atoms with Gasteiger partial charge in [0.25, 0.3) is 0 Å². The van der Waals surface area contributed by atoms with Crippen molar-refractivity contribution in [1.29, 1.82) is 0 Å². The van der Waals surface area contributed by atoms with Gasteiger partial charge in [0.2, 0.25) is 5.91 Å². The van der Waals surface area contributed by atoms with Crippen molar-refractivity contribution in [3.8, 4) is 0 Å². The normalized spacial score (nSPS) is 14.0. The molecule has 0 radical (unpaired) electrons. The van der Waals surface area contributed by atoms with Crippen LogP contribution in [0.4, 0.5) is 0 Å². The van der Waals surface area contributed by atoms with Crippen LogP contribution in [-0.4, -0.2) is 21.9 Å². The molecule has 0 aliphatic carbocycles. The van der Waals surface area contributed by atoms with Gasteiger partial charge in [-0.15, -0.1) is 0 Å². The zero-order chi connectivity index (χ0) is 16.7. The average Bonchev–Trinajstić information content (AvgIpc) is 2.88. The molecule has 122 valence electrons. The number of carbonyl (C=O) groups is 1. The lowest BCUT2D eigenvalue weighted by molar-refractivity contribution is -0.131. The van der Waals surface area contributed by atoms with Gasteiger partial charge in [-0.25, -0.2) is 0 Å². The molecule has 3 heteroatoms. The first-order valence-electron chi connectivity index (χ1n) is 8.52. The molecule has 0 saturated heterocycles. The number of amides is 1. The van der Waals surface area contributed by atoms with E-state index < -0.39 is 0 Å². The van der Waals surface area contributed by atoms with E-state index in [0.29, 0.717) is 6.42 Å². The van der Waals surface area contributed by atoms with Gasteiger partial charge in [0, 0.05) is 48.7 Å². The number of carbonyl (C=O) groups excluding carboxylic acids is 1. The van der Waals surface area contributed by atoms with Crippen LogP contribution in [0.25, 0.3) is 10.9 Å². The molecule has 2 aromatic carbocycles. The van der Waals surface area contributed by atoms with E-state index in [1.807, 2.05) is 17.0 Å². The highest BCUT2D eigenvalue weighted by Crippen LogP contribution is 2.30. The molecular formula is C21H22N2O. The van der Waals surface area contributed by atoms with Crippen molar-refractivity contribution in [2.24, 2.45) is 7.05 Å². The average molecular weight is 318 g/mol. The van der Waals surface area contributed by atoms with Crippen LogP contribution in [-0.2, 0) is 31.2 Å². The van der Waals surface area contributed by atoms with Crippen molar-refractivity contribution in [3.63, 3.8) is 0 Å². The number of aryl methyl sites for hydroxylation is 2. The Morgan fingerprint density at radius 1 is 1.12 bits per heavy atom. The fraction of sp³-hybridized carbons (Fsp3) is 0.286. The lowest BCUT2D eigenvalue weighted by Crippen LogP contribution is -2.37. The molecule has 0 atom stereocenters. The number of hydrogen-bond donors (Lipinski definition) is 0. The van der Waals surface area contributed by atoms with Gasteiger partial charge < -0.3 is 9.47 Å². The van der Waals surface area contributed by atoms with E-state index in [1.165, 1.54) is 27.7 Å². The van der Waals surface area contributed by atoms with Crippen molar-refractivity contribution < 1.29 is 4.79 Å². The van der Waals surface area contributed by atoms with Crippen LogP contribution in [0.15, 0.2) is 48.5 Å². The molecule has 4 rings (SSSR count). The molecule has 24 heavy (non-hydrogen) atoms. The highest BCUT2D eigenvalue weighted by molar-refractivity contribution is 5.87. The molecule has 0 unspecified atom stereocenters. The second-order valence-electron chi connectivity index (χ2n) is 6.73. The molecule has 2 heterocycles. The number of aromatic nitrogens is 1. The first-order chi connectivity index (χ1) is 11.6. The molecule has 3 nitrogen and oxygen atoms in total. The monoisotopic (exact) mass is 318 g/mol. The van der Waals surface area contributed by atoms with E-state index in [4.69, 9.17) is 0 Å². The summed E-state index contributed by atoms with van der Waals surface area (Å²) in [6.45, 7) is 3.60. The number of para-hydroxylation sites is 1. The van der Waals surface area contributed by atoms with Crippen molar-refractivity contribution in [2.45, 2.75) is 26.3 Å². The Kier molecular flexibility index (Phi) is 3.64. The number of benzene rings is 2. The molecule has 0 fully saturated rings. The van der Waals surface area contributed by atoms with Crippen molar-refractivity contribution in [1.82, 2.24) is 9.47 Å². The Balaban J connectivity index is 1.60. The molecule has 0 N–H and O–H groups in total. The summed E-state index contributed by atoms with van der Waals surface area (Å²) >= 11 is 0. The van der Waals surface area contributed by atoms with Gasteiger partial charge in [-0.05, 0) is 18.6 Å². The van der Waals surface area contributed by atoms with Crippen molar-refractivity contribution in [3.05, 3.63) is 70.9 Å². The highest BCUT2D eigenvalue weighted by atomic mass is 16.2. The van der Waals surface area contributed by atoms with Gasteiger partial charge in [0.05, 0.1) is 6.42 Å².